The maximum atomic E-state index is 12.0. The Morgan fingerprint density at radius 2 is 1.88 bits per heavy atom. The fraction of sp³-hybridized carbons (Fsp3) is 0.222. The predicted octanol–water partition coefficient (Wildman–Crippen LogP) is 0.766. The van der Waals surface area contributed by atoms with Gasteiger partial charge in [-0.15, -0.1) is 4.41 Å². The van der Waals surface area contributed by atoms with Crippen molar-refractivity contribution in [2.45, 2.75) is 11.3 Å². The standard InChI is InChI=1S/C9H9ClN2O3S/c10-7-1-3-8(4-2-7)16(14,15)12-6-5-9(13)11-12/h1-4H,5-6H2,(H,11,13). The van der Waals surface area contributed by atoms with E-state index >= 15 is 0 Å². The van der Waals surface area contributed by atoms with Crippen LogP contribution in [0.4, 0.5) is 0 Å². The second-order valence-electron chi connectivity index (χ2n) is 3.32. The van der Waals surface area contributed by atoms with Crippen molar-refractivity contribution in [3.8, 4) is 0 Å². The van der Waals surface area contributed by atoms with Gasteiger partial charge in [-0.25, -0.2) is 8.42 Å². The first-order valence-corrected chi connectivity index (χ1v) is 6.40. The van der Waals surface area contributed by atoms with E-state index in [9.17, 15) is 13.2 Å². The fourth-order valence-electron chi connectivity index (χ4n) is 1.37. The molecule has 7 heteroatoms. The lowest BCUT2D eigenvalue weighted by Crippen LogP contribution is -2.38. The molecule has 1 heterocycles. The van der Waals surface area contributed by atoms with E-state index in [1.165, 1.54) is 24.3 Å². The second kappa shape index (κ2) is 4.04. The zero-order valence-electron chi connectivity index (χ0n) is 8.18. The lowest BCUT2D eigenvalue weighted by Gasteiger charge is -2.14. The van der Waals surface area contributed by atoms with Crippen LogP contribution in [-0.4, -0.2) is 25.3 Å². The molecule has 1 saturated heterocycles. The molecular weight excluding hydrogens is 252 g/mol. The highest BCUT2D eigenvalue weighted by Crippen LogP contribution is 2.19. The molecular formula is C9H9ClN2O3S. The van der Waals surface area contributed by atoms with E-state index < -0.39 is 10.0 Å². The third kappa shape index (κ3) is 2.04. The van der Waals surface area contributed by atoms with Gasteiger partial charge in [0.05, 0.1) is 4.90 Å². The Bertz CT molecular complexity index is 512. The summed E-state index contributed by atoms with van der Waals surface area (Å²) < 4.78 is 24.9. The van der Waals surface area contributed by atoms with Gasteiger partial charge in [0.15, 0.2) is 0 Å². The van der Waals surface area contributed by atoms with Crippen molar-refractivity contribution in [3.05, 3.63) is 29.3 Å². The first-order valence-electron chi connectivity index (χ1n) is 4.58. The number of nitrogens with zero attached hydrogens (tertiary/aromatic N) is 1. The van der Waals surface area contributed by atoms with Gasteiger partial charge in [-0.2, -0.15) is 0 Å². The molecule has 0 unspecified atom stereocenters. The van der Waals surface area contributed by atoms with Crippen molar-refractivity contribution in [2.24, 2.45) is 0 Å². The van der Waals surface area contributed by atoms with Crippen LogP contribution in [0.2, 0.25) is 5.02 Å². The minimum absolute atomic E-state index is 0.110. The Morgan fingerprint density at radius 3 is 2.38 bits per heavy atom. The summed E-state index contributed by atoms with van der Waals surface area (Å²) in [5.74, 6) is -0.294. The lowest BCUT2D eigenvalue weighted by atomic mass is 10.4. The molecule has 1 aromatic rings. The van der Waals surface area contributed by atoms with Crippen LogP contribution in [0.5, 0.6) is 0 Å². The average Bonchev–Trinajstić information content (AvgIpc) is 2.66. The minimum atomic E-state index is -3.65. The van der Waals surface area contributed by atoms with Gasteiger partial charge < -0.3 is 0 Å². The van der Waals surface area contributed by atoms with Crippen LogP contribution in [0, 0.1) is 0 Å². The molecule has 1 N–H and O–H groups in total. The molecule has 0 aromatic heterocycles. The van der Waals surface area contributed by atoms with E-state index in [2.05, 4.69) is 5.43 Å². The van der Waals surface area contributed by atoms with Crippen molar-refractivity contribution in [1.29, 1.82) is 0 Å². The van der Waals surface area contributed by atoms with Crippen LogP contribution < -0.4 is 5.43 Å². The number of benzene rings is 1. The van der Waals surface area contributed by atoms with E-state index in [0.717, 1.165) is 4.41 Å². The van der Waals surface area contributed by atoms with Crippen LogP contribution in [0.25, 0.3) is 0 Å². The number of nitrogens with one attached hydrogen (secondary N) is 1. The number of carbonyl (C=O) groups excluding carboxylic acids is 1. The van der Waals surface area contributed by atoms with Gasteiger partial charge >= 0.3 is 0 Å². The van der Waals surface area contributed by atoms with Gasteiger partial charge in [0.2, 0.25) is 5.91 Å². The summed E-state index contributed by atoms with van der Waals surface area (Å²) >= 11 is 5.67. The number of sulfonamides is 1. The molecule has 5 nitrogen and oxygen atoms in total. The Hall–Kier alpha value is -1.11. The van der Waals surface area contributed by atoms with Gasteiger partial charge in [-0.1, -0.05) is 11.6 Å². The highest BCUT2D eigenvalue weighted by Gasteiger charge is 2.30. The summed E-state index contributed by atoms with van der Waals surface area (Å²) in [5.41, 5.74) is 2.28. The molecule has 16 heavy (non-hydrogen) atoms. The maximum absolute atomic E-state index is 12.0. The number of hydrazine groups is 1. The largest absolute Gasteiger partial charge is 0.275 e. The molecule has 1 aliphatic rings. The maximum Gasteiger partial charge on any atom is 0.259 e. The van der Waals surface area contributed by atoms with Gasteiger partial charge in [0.25, 0.3) is 10.0 Å². The molecule has 2 rings (SSSR count). The van der Waals surface area contributed by atoms with E-state index in [4.69, 9.17) is 11.6 Å². The number of hydrogen-bond donors (Lipinski definition) is 1. The smallest absolute Gasteiger partial charge is 0.259 e. The van der Waals surface area contributed by atoms with E-state index in [0.29, 0.717) is 5.02 Å². The van der Waals surface area contributed by atoms with Gasteiger partial charge in [0, 0.05) is 18.0 Å². The van der Waals surface area contributed by atoms with Crippen LogP contribution >= 0.6 is 11.6 Å². The second-order valence-corrected chi connectivity index (χ2v) is 5.61. The number of halogens is 1. The molecule has 0 aliphatic carbocycles. The van der Waals surface area contributed by atoms with Crippen LogP contribution in [0.15, 0.2) is 29.2 Å². The normalized spacial score (nSPS) is 17.4. The minimum Gasteiger partial charge on any atom is -0.275 e. The molecule has 0 saturated carbocycles. The van der Waals surface area contributed by atoms with Gasteiger partial charge in [-0.3, -0.25) is 10.2 Å². The SMILES string of the molecule is O=C1CCN(S(=O)(=O)c2ccc(Cl)cc2)N1. The first-order chi connectivity index (χ1) is 7.50. The van der Waals surface area contributed by atoms with Gasteiger partial charge in [0.1, 0.15) is 0 Å². The van der Waals surface area contributed by atoms with E-state index in [1.807, 2.05) is 0 Å². The number of carbonyl (C=O) groups is 1. The Morgan fingerprint density at radius 1 is 1.25 bits per heavy atom. The summed E-state index contributed by atoms with van der Waals surface area (Å²) in [4.78, 5) is 11.1. The van der Waals surface area contributed by atoms with Crippen molar-refractivity contribution in [3.63, 3.8) is 0 Å². The van der Waals surface area contributed by atoms with E-state index in [-0.39, 0.29) is 23.8 Å². The highest BCUT2D eigenvalue weighted by atomic mass is 35.5. The molecule has 1 amide bonds. The Kier molecular flexibility index (Phi) is 2.88. The zero-order valence-corrected chi connectivity index (χ0v) is 9.75. The average molecular weight is 261 g/mol. The summed E-state index contributed by atoms with van der Waals surface area (Å²) in [6.07, 6.45) is 0.187. The number of hydrogen-bond acceptors (Lipinski definition) is 3. The Balaban J connectivity index is 2.32. The monoisotopic (exact) mass is 260 g/mol. The topological polar surface area (TPSA) is 66.5 Å². The molecule has 0 bridgehead atoms. The van der Waals surface area contributed by atoms with Crippen molar-refractivity contribution in [2.75, 3.05) is 6.54 Å². The summed E-state index contributed by atoms with van der Waals surface area (Å²) in [5, 5.41) is 0.462. The zero-order chi connectivity index (χ0) is 11.8. The molecule has 0 atom stereocenters. The van der Waals surface area contributed by atoms with Crippen molar-refractivity contribution < 1.29 is 13.2 Å². The fourth-order valence-corrected chi connectivity index (χ4v) is 2.78. The highest BCUT2D eigenvalue weighted by molar-refractivity contribution is 7.89. The van der Waals surface area contributed by atoms with Crippen LogP contribution in [0.1, 0.15) is 6.42 Å². The molecule has 86 valence electrons. The molecule has 1 aromatic carbocycles. The first kappa shape index (κ1) is 11.4. The van der Waals surface area contributed by atoms with Crippen molar-refractivity contribution >= 4 is 27.5 Å². The van der Waals surface area contributed by atoms with E-state index in [1.54, 1.807) is 0 Å². The molecule has 0 radical (unpaired) electrons. The Labute approximate surface area is 98.0 Å². The van der Waals surface area contributed by atoms with Crippen LogP contribution in [-0.2, 0) is 14.8 Å². The predicted molar refractivity (Wildman–Crippen MR) is 58.1 cm³/mol. The van der Waals surface area contributed by atoms with Gasteiger partial charge in [-0.05, 0) is 24.3 Å². The molecule has 1 fully saturated rings. The summed E-state index contributed by atoms with van der Waals surface area (Å²) in [6.45, 7) is 0.157. The summed E-state index contributed by atoms with van der Waals surface area (Å²) in [6, 6.07) is 5.79. The van der Waals surface area contributed by atoms with Crippen LogP contribution in [0.3, 0.4) is 0 Å². The third-order valence-corrected chi connectivity index (χ3v) is 4.17. The molecule has 0 spiro atoms. The number of rotatable bonds is 2. The molecule has 1 aliphatic heterocycles. The quantitative estimate of drug-likeness (QED) is 0.854. The lowest BCUT2D eigenvalue weighted by molar-refractivity contribution is -0.120. The van der Waals surface area contributed by atoms with Crippen molar-refractivity contribution in [1.82, 2.24) is 9.84 Å². The summed E-state index contributed by atoms with van der Waals surface area (Å²) in [7, 11) is -3.65. The third-order valence-electron chi connectivity index (χ3n) is 2.19. The number of amides is 1.